The third-order valence-corrected chi connectivity index (χ3v) is 2.67. The summed E-state index contributed by atoms with van der Waals surface area (Å²) in [5, 5.41) is 11.9. The first-order valence-electron chi connectivity index (χ1n) is 5.00. The summed E-state index contributed by atoms with van der Waals surface area (Å²) in [6, 6.07) is 1.79. The van der Waals surface area contributed by atoms with Crippen molar-refractivity contribution in [3.05, 3.63) is 29.6 Å². The van der Waals surface area contributed by atoms with Gasteiger partial charge in [-0.1, -0.05) is 0 Å². The second kappa shape index (κ2) is 3.62. The molecule has 1 aromatic heterocycles. The normalized spacial score (nSPS) is 17.2. The minimum Gasteiger partial charge on any atom is -0.394 e. The average Bonchev–Trinajstić information content (AvgIpc) is 2.98. The summed E-state index contributed by atoms with van der Waals surface area (Å²) in [6.45, 7) is 1.90. The number of carbonyl (C=O) groups is 1. The Bertz CT molecular complexity index is 386. The highest BCUT2D eigenvalue weighted by atomic mass is 16.3. The van der Waals surface area contributed by atoms with E-state index in [4.69, 9.17) is 5.11 Å². The van der Waals surface area contributed by atoms with Gasteiger partial charge in [0.1, 0.15) is 0 Å². The lowest BCUT2D eigenvalue weighted by Crippen LogP contribution is -2.39. The van der Waals surface area contributed by atoms with Crippen LogP contribution in [0.5, 0.6) is 0 Å². The lowest BCUT2D eigenvalue weighted by Gasteiger charge is -2.13. The molecular formula is C11H14N2O2. The first-order chi connectivity index (χ1) is 7.15. The van der Waals surface area contributed by atoms with Gasteiger partial charge in [0, 0.05) is 12.4 Å². The standard InChI is InChI=1S/C11H14N2O2/c1-8-4-9(6-12-5-8)10(15)13-11(7-14)2-3-11/h4-6,14H,2-3,7H2,1H3,(H,13,15). The van der Waals surface area contributed by atoms with Crippen molar-refractivity contribution in [1.82, 2.24) is 10.3 Å². The molecule has 2 N–H and O–H groups in total. The number of amides is 1. The second-order valence-electron chi connectivity index (χ2n) is 4.14. The van der Waals surface area contributed by atoms with Gasteiger partial charge in [-0.3, -0.25) is 9.78 Å². The maximum absolute atomic E-state index is 11.7. The van der Waals surface area contributed by atoms with E-state index in [1.165, 1.54) is 6.20 Å². The van der Waals surface area contributed by atoms with Gasteiger partial charge in [-0.15, -0.1) is 0 Å². The van der Waals surface area contributed by atoms with E-state index in [1.54, 1.807) is 12.3 Å². The number of aromatic nitrogens is 1. The first-order valence-corrected chi connectivity index (χ1v) is 5.00. The molecule has 1 heterocycles. The van der Waals surface area contributed by atoms with Crippen LogP contribution < -0.4 is 5.32 Å². The van der Waals surface area contributed by atoms with Crippen LogP contribution in [0.2, 0.25) is 0 Å². The number of nitrogens with one attached hydrogen (secondary N) is 1. The van der Waals surface area contributed by atoms with E-state index in [-0.39, 0.29) is 18.1 Å². The number of pyridine rings is 1. The quantitative estimate of drug-likeness (QED) is 0.763. The Balaban J connectivity index is 2.08. The van der Waals surface area contributed by atoms with Gasteiger partial charge < -0.3 is 10.4 Å². The summed E-state index contributed by atoms with van der Waals surface area (Å²) in [6.07, 6.45) is 4.95. The molecule has 1 aliphatic rings. The molecule has 15 heavy (non-hydrogen) atoms. The van der Waals surface area contributed by atoms with Crippen molar-refractivity contribution in [2.45, 2.75) is 25.3 Å². The Morgan fingerprint density at radius 1 is 1.60 bits per heavy atom. The summed E-state index contributed by atoms with van der Waals surface area (Å²) in [7, 11) is 0. The van der Waals surface area contributed by atoms with E-state index in [0.717, 1.165) is 18.4 Å². The molecule has 1 fully saturated rings. The Morgan fingerprint density at radius 3 is 2.87 bits per heavy atom. The van der Waals surface area contributed by atoms with Crippen molar-refractivity contribution in [3.63, 3.8) is 0 Å². The van der Waals surface area contributed by atoms with Crippen LogP contribution in [-0.2, 0) is 0 Å². The molecule has 1 saturated carbocycles. The monoisotopic (exact) mass is 206 g/mol. The first kappa shape index (κ1) is 10.1. The Morgan fingerprint density at radius 2 is 2.33 bits per heavy atom. The largest absolute Gasteiger partial charge is 0.394 e. The van der Waals surface area contributed by atoms with Crippen LogP contribution in [0.15, 0.2) is 18.5 Å². The van der Waals surface area contributed by atoms with E-state index in [0.29, 0.717) is 5.56 Å². The molecule has 4 nitrogen and oxygen atoms in total. The number of aliphatic hydroxyl groups is 1. The Kier molecular flexibility index (Phi) is 2.44. The molecule has 0 radical (unpaired) electrons. The molecule has 0 aromatic carbocycles. The molecule has 1 aliphatic carbocycles. The van der Waals surface area contributed by atoms with Crippen LogP contribution in [0.25, 0.3) is 0 Å². The average molecular weight is 206 g/mol. The molecule has 2 rings (SSSR count). The molecule has 80 valence electrons. The van der Waals surface area contributed by atoms with Gasteiger partial charge in [0.25, 0.3) is 5.91 Å². The predicted octanol–water partition coefficient (Wildman–Crippen LogP) is 0.645. The Labute approximate surface area is 88.3 Å². The van der Waals surface area contributed by atoms with E-state index >= 15 is 0 Å². The van der Waals surface area contributed by atoms with Crippen molar-refractivity contribution >= 4 is 5.91 Å². The van der Waals surface area contributed by atoms with Crippen LogP contribution in [-0.4, -0.2) is 28.1 Å². The summed E-state index contributed by atoms with van der Waals surface area (Å²) < 4.78 is 0. The number of nitrogens with zero attached hydrogens (tertiary/aromatic N) is 1. The maximum Gasteiger partial charge on any atom is 0.253 e. The summed E-state index contributed by atoms with van der Waals surface area (Å²) in [5.41, 5.74) is 1.15. The van der Waals surface area contributed by atoms with Crippen LogP contribution >= 0.6 is 0 Å². The lowest BCUT2D eigenvalue weighted by atomic mass is 10.2. The smallest absolute Gasteiger partial charge is 0.253 e. The number of hydrogen-bond donors (Lipinski definition) is 2. The highest BCUT2D eigenvalue weighted by Crippen LogP contribution is 2.34. The third-order valence-electron chi connectivity index (χ3n) is 2.67. The predicted molar refractivity (Wildman–Crippen MR) is 55.5 cm³/mol. The van der Waals surface area contributed by atoms with Crippen LogP contribution in [0.1, 0.15) is 28.8 Å². The highest BCUT2D eigenvalue weighted by molar-refractivity contribution is 5.94. The van der Waals surface area contributed by atoms with Crippen molar-refractivity contribution in [2.24, 2.45) is 0 Å². The molecular weight excluding hydrogens is 192 g/mol. The third kappa shape index (κ3) is 2.15. The van der Waals surface area contributed by atoms with Crippen LogP contribution in [0, 0.1) is 6.92 Å². The van der Waals surface area contributed by atoms with Gasteiger partial charge in [-0.25, -0.2) is 0 Å². The maximum atomic E-state index is 11.7. The van der Waals surface area contributed by atoms with E-state index < -0.39 is 0 Å². The lowest BCUT2D eigenvalue weighted by molar-refractivity contribution is 0.0906. The topological polar surface area (TPSA) is 62.2 Å². The molecule has 0 spiro atoms. The van der Waals surface area contributed by atoms with Crippen LogP contribution in [0.3, 0.4) is 0 Å². The van der Waals surface area contributed by atoms with Crippen molar-refractivity contribution in [2.75, 3.05) is 6.61 Å². The molecule has 1 amide bonds. The molecule has 0 saturated heterocycles. The Hall–Kier alpha value is -1.42. The fourth-order valence-corrected chi connectivity index (χ4v) is 1.47. The number of aliphatic hydroxyl groups excluding tert-OH is 1. The molecule has 0 bridgehead atoms. The molecule has 4 heteroatoms. The molecule has 1 aromatic rings. The number of aryl methyl sites for hydroxylation is 1. The molecule has 0 atom stereocenters. The highest BCUT2D eigenvalue weighted by Gasteiger charge is 2.43. The van der Waals surface area contributed by atoms with Gasteiger partial charge in [0.2, 0.25) is 0 Å². The van der Waals surface area contributed by atoms with Crippen LogP contribution in [0.4, 0.5) is 0 Å². The van der Waals surface area contributed by atoms with Gasteiger partial charge in [0.15, 0.2) is 0 Å². The van der Waals surface area contributed by atoms with Crippen molar-refractivity contribution in [1.29, 1.82) is 0 Å². The zero-order valence-corrected chi connectivity index (χ0v) is 8.66. The van der Waals surface area contributed by atoms with Gasteiger partial charge in [0.05, 0.1) is 17.7 Å². The number of rotatable bonds is 3. The number of hydrogen-bond acceptors (Lipinski definition) is 3. The zero-order valence-electron chi connectivity index (χ0n) is 8.66. The summed E-state index contributed by atoms with van der Waals surface area (Å²) >= 11 is 0. The molecule has 0 unspecified atom stereocenters. The van der Waals surface area contributed by atoms with E-state index in [2.05, 4.69) is 10.3 Å². The van der Waals surface area contributed by atoms with Gasteiger partial charge in [-0.05, 0) is 31.4 Å². The van der Waals surface area contributed by atoms with E-state index in [9.17, 15) is 4.79 Å². The molecule has 0 aliphatic heterocycles. The van der Waals surface area contributed by atoms with Gasteiger partial charge in [-0.2, -0.15) is 0 Å². The van der Waals surface area contributed by atoms with Crippen molar-refractivity contribution in [3.8, 4) is 0 Å². The summed E-state index contributed by atoms with van der Waals surface area (Å²) in [4.78, 5) is 15.7. The SMILES string of the molecule is Cc1cncc(C(=O)NC2(CO)CC2)c1. The van der Waals surface area contributed by atoms with Crippen molar-refractivity contribution < 1.29 is 9.90 Å². The zero-order chi connectivity index (χ0) is 10.9. The minimum atomic E-state index is -0.360. The minimum absolute atomic E-state index is 0.0119. The summed E-state index contributed by atoms with van der Waals surface area (Å²) in [5.74, 6) is -0.155. The number of carbonyl (C=O) groups excluding carboxylic acids is 1. The fraction of sp³-hybridized carbons (Fsp3) is 0.455. The van der Waals surface area contributed by atoms with E-state index in [1.807, 2.05) is 6.92 Å². The fourth-order valence-electron chi connectivity index (χ4n) is 1.47. The van der Waals surface area contributed by atoms with Gasteiger partial charge >= 0.3 is 0 Å². The second-order valence-corrected chi connectivity index (χ2v) is 4.14.